The number of nitro groups is 1. The zero-order valence-electron chi connectivity index (χ0n) is 17.0. The second kappa shape index (κ2) is 9.18. The fourth-order valence-corrected chi connectivity index (χ4v) is 5.28. The number of thiophene rings is 1. The average Bonchev–Trinajstić information content (AvgIpc) is 3.22. The highest BCUT2D eigenvalue weighted by atomic mass is 35.5. The maximum absolute atomic E-state index is 12.5. The Morgan fingerprint density at radius 2 is 1.90 bits per heavy atom. The molecule has 6 nitrogen and oxygen atoms in total. The summed E-state index contributed by atoms with van der Waals surface area (Å²) >= 11 is 7.86. The quantitative estimate of drug-likeness (QED) is 0.415. The molecule has 0 aliphatic carbocycles. The number of carbonyl (C=O) groups is 1. The molecule has 2 heterocycles. The second-order valence-electron chi connectivity index (χ2n) is 7.62. The fourth-order valence-electron chi connectivity index (χ4n) is 4.07. The Balaban J connectivity index is 1.47. The fraction of sp³-hybridized carbons (Fsp3) is 0.261. The first-order valence-corrected chi connectivity index (χ1v) is 11.3. The van der Waals surface area contributed by atoms with Crippen molar-refractivity contribution in [3.8, 4) is 0 Å². The number of benzene rings is 2. The number of rotatable bonds is 6. The Morgan fingerprint density at radius 1 is 1.19 bits per heavy atom. The third kappa shape index (κ3) is 4.63. The molecule has 160 valence electrons. The van der Waals surface area contributed by atoms with Gasteiger partial charge >= 0.3 is 0 Å². The molecule has 0 bridgehead atoms. The SMILES string of the molecule is C[C@@H]1Cc2ccsc2[C@@H](c2ccc(Cl)cc2)N1CCNC(=O)c1ccc([N+](=O)[O-])cc1. The molecule has 0 fully saturated rings. The van der Waals surface area contributed by atoms with Gasteiger partial charge in [-0.25, -0.2) is 0 Å². The van der Waals surface area contributed by atoms with Crippen molar-refractivity contribution in [3.05, 3.63) is 96.7 Å². The summed E-state index contributed by atoms with van der Waals surface area (Å²) in [6, 6.07) is 16.2. The van der Waals surface area contributed by atoms with E-state index in [-0.39, 0.29) is 17.6 Å². The molecule has 0 radical (unpaired) electrons. The Bertz CT molecular complexity index is 1080. The zero-order chi connectivity index (χ0) is 22.0. The number of hydrogen-bond donors (Lipinski definition) is 1. The van der Waals surface area contributed by atoms with Gasteiger partial charge in [0.25, 0.3) is 11.6 Å². The van der Waals surface area contributed by atoms with Crippen LogP contribution in [0.2, 0.25) is 5.02 Å². The van der Waals surface area contributed by atoms with Crippen LogP contribution < -0.4 is 5.32 Å². The van der Waals surface area contributed by atoms with Crippen molar-refractivity contribution in [3.63, 3.8) is 0 Å². The summed E-state index contributed by atoms with van der Waals surface area (Å²) in [6.07, 6.45) is 0.971. The molecule has 31 heavy (non-hydrogen) atoms. The van der Waals surface area contributed by atoms with Gasteiger partial charge in [0.05, 0.1) is 11.0 Å². The molecule has 4 rings (SSSR count). The van der Waals surface area contributed by atoms with E-state index in [0.29, 0.717) is 29.7 Å². The Hall–Kier alpha value is -2.74. The summed E-state index contributed by atoms with van der Waals surface area (Å²) in [5, 5.41) is 16.6. The molecule has 1 aliphatic heterocycles. The van der Waals surface area contributed by atoms with Gasteiger partial charge < -0.3 is 5.32 Å². The number of non-ortho nitro benzene ring substituents is 1. The van der Waals surface area contributed by atoms with Gasteiger partial charge in [0, 0.05) is 46.7 Å². The van der Waals surface area contributed by atoms with Crippen molar-refractivity contribution >= 4 is 34.5 Å². The molecule has 1 amide bonds. The summed E-state index contributed by atoms with van der Waals surface area (Å²) < 4.78 is 0. The van der Waals surface area contributed by atoms with Crippen molar-refractivity contribution in [2.75, 3.05) is 13.1 Å². The Labute approximate surface area is 189 Å². The molecule has 0 spiro atoms. The molecule has 0 saturated heterocycles. The van der Waals surface area contributed by atoms with Crippen LogP contribution in [0.4, 0.5) is 5.69 Å². The van der Waals surface area contributed by atoms with Crippen LogP contribution in [0.5, 0.6) is 0 Å². The smallest absolute Gasteiger partial charge is 0.269 e. The molecule has 2 atom stereocenters. The third-order valence-electron chi connectivity index (χ3n) is 5.62. The van der Waals surface area contributed by atoms with Crippen molar-refractivity contribution in [1.82, 2.24) is 10.2 Å². The van der Waals surface area contributed by atoms with E-state index in [1.165, 1.54) is 40.3 Å². The predicted octanol–water partition coefficient (Wildman–Crippen LogP) is 5.08. The van der Waals surface area contributed by atoms with Gasteiger partial charge in [0.15, 0.2) is 0 Å². The van der Waals surface area contributed by atoms with E-state index >= 15 is 0 Å². The molecular formula is C23H22ClN3O3S. The van der Waals surface area contributed by atoms with Crippen molar-refractivity contribution in [2.24, 2.45) is 0 Å². The monoisotopic (exact) mass is 455 g/mol. The Kier molecular flexibility index (Phi) is 6.36. The molecule has 8 heteroatoms. The zero-order valence-corrected chi connectivity index (χ0v) is 18.5. The van der Waals surface area contributed by atoms with Crippen molar-refractivity contribution < 1.29 is 9.72 Å². The van der Waals surface area contributed by atoms with Gasteiger partial charge in [-0.15, -0.1) is 11.3 Å². The third-order valence-corrected chi connectivity index (χ3v) is 6.89. The predicted molar refractivity (Wildman–Crippen MR) is 123 cm³/mol. The summed E-state index contributed by atoms with van der Waals surface area (Å²) in [5.41, 5.74) is 2.94. The van der Waals surface area contributed by atoms with E-state index in [2.05, 4.69) is 40.7 Å². The molecule has 1 N–H and O–H groups in total. The van der Waals surface area contributed by atoms with Gasteiger partial charge in [-0.2, -0.15) is 0 Å². The first-order chi connectivity index (χ1) is 14.9. The first kappa shape index (κ1) is 21.5. The highest BCUT2D eigenvalue weighted by Crippen LogP contribution is 2.40. The molecular weight excluding hydrogens is 434 g/mol. The summed E-state index contributed by atoms with van der Waals surface area (Å²) in [6.45, 7) is 3.37. The van der Waals surface area contributed by atoms with Gasteiger partial charge in [0.1, 0.15) is 0 Å². The highest BCUT2D eigenvalue weighted by molar-refractivity contribution is 7.10. The van der Waals surface area contributed by atoms with E-state index in [0.717, 1.165) is 6.42 Å². The largest absolute Gasteiger partial charge is 0.351 e. The van der Waals surface area contributed by atoms with Crippen LogP contribution in [0.15, 0.2) is 60.0 Å². The molecule has 1 aromatic heterocycles. The minimum atomic E-state index is -0.477. The molecule has 0 unspecified atom stereocenters. The Morgan fingerprint density at radius 3 is 2.58 bits per heavy atom. The van der Waals surface area contributed by atoms with E-state index in [1.807, 2.05) is 12.1 Å². The molecule has 0 saturated carbocycles. The minimum Gasteiger partial charge on any atom is -0.351 e. The molecule has 2 aromatic carbocycles. The standard InChI is InChI=1S/C23H22ClN3O3S/c1-15-14-18-10-13-31-22(18)21(16-2-6-19(24)7-3-16)26(15)12-11-25-23(28)17-4-8-20(9-5-17)27(29)30/h2-10,13,15,21H,11-12,14H2,1H3,(H,25,28)/t15-,21-/m1/s1. The van der Waals surface area contributed by atoms with Crippen LogP contribution in [0.25, 0.3) is 0 Å². The van der Waals surface area contributed by atoms with Crippen LogP contribution in [0.1, 0.15) is 39.3 Å². The number of fused-ring (bicyclic) bond motifs is 1. The molecule has 1 aliphatic rings. The maximum atomic E-state index is 12.5. The number of nitrogens with zero attached hydrogens (tertiary/aromatic N) is 2. The van der Waals surface area contributed by atoms with Gasteiger partial charge in [-0.3, -0.25) is 19.8 Å². The number of halogens is 1. The maximum Gasteiger partial charge on any atom is 0.269 e. The van der Waals surface area contributed by atoms with Crippen LogP contribution >= 0.6 is 22.9 Å². The van der Waals surface area contributed by atoms with Gasteiger partial charge in [0.2, 0.25) is 0 Å². The summed E-state index contributed by atoms with van der Waals surface area (Å²) in [5.74, 6) is -0.237. The van der Waals surface area contributed by atoms with Crippen LogP contribution in [0.3, 0.4) is 0 Å². The van der Waals surface area contributed by atoms with Gasteiger partial charge in [-0.1, -0.05) is 23.7 Å². The summed E-state index contributed by atoms with van der Waals surface area (Å²) in [7, 11) is 0. The normalized spacial score (nSPS) is 18.4. The number of amides is 1. The highest BCUT2D eigenvalue weighted by Gasteiger charge is 2.33. The molecule has 3 aromatic rings. The first-order valence-electron chi connectivity index (χ1n) is 10.0. The van der Waals surface area contributed by atoms with E-state index in [9.17, 15) is 14.9 Å². The topological polar surface area (TPSA) is 75.5 Å². The number of nitrogens with one attached hydrogen (secondary N) is 1. The minimum absolute atomic E-state index is 0.0313. The summed E-state index contributed by atoms with van der Waals surface area (Å²) in [4.78, 5) is 26.5. The van der Waals surface area contributed by atoms with Crippen LogP contribution in [-0.2, 0) is 6.42 Å². The van der Waals surface area contributed by atoms with E-state index in [1.54, 1.807) is 11.3 Å². The average molecular weight is 456 g/mol. The lowest BCUT2D eigenvalue weighted by Crippen LogP contribution is -2.45. The number of hydrogen-bond acceptors (Lipinski definition) is 5. The second-order valence-corrected chi connectivity index (χ2v) is 9.00. The lowest BCUT2D eigenvalue weighted by atomic mass is 9.91. The van der Waals surface area contributed by atoms with Crippen LogP contribution in [0, 0.1) is 10.1 Å². The van der Waals surface area contributed by atoms with Crippen LogP contribution in [-0.4, -0.2) is 34.9 Å². The number of carbonyl (C=O) groups excluding carboxylic acids is 1. The number of nitro benzene ring substituents is 1. The van der Waals surface area contributed by atoms with Crippen molar-refractivity contribution in [1.29, 1.82) is 0 Å². The van der Waals surface area contributed by atoms with E-state index < -0.39 is 4.92 Å². The lowest BCUT2D eigenvalue weighted by Gasteiger charge is -2.41. The van der Waals surface area contributed by atoms with Crippen molar-refractivity contribution in [2.45, 2.75) is 25.4 Å². The van der Waals surface area contributed by atoms with E-state index in [4.69, 9.17) is 11.6 Å². The van der Waals surface area contributed by atoms with Gasteiger partial charge in [-0.05, 0) is 60.2 Å². The lowest BCUT2D eigenvalue weighted by molar-refractivity contribution is -0.384.